The van der Waals surface area contributed by atoms with Crippen molar-refractivity contribution in [1.29, 1.82) is 0 Å². The number of ether oxygens (including phenoxy) is 4. The molecule has 0 saturated heterocycles. The van der Waals surface area contributed by atoms with Crippen LogP contribution in [0, 0.1) is 0 Å². The maximum absolute atomic E-state index is 12.8. The van der Waals surface area contributed by atoms with Gasteiger partial charge in [0.1, 0.15) is 5.75 Å². The van der Waals surface area contributed by atoms with Crippen LogP contribution in [0.3, 0.4) is 0 Å². The van der Waals surface area contributed by atoms with Gasteiger partial charge in [-0.25, -0.2) is 0 Å². The van der Waals surface area contributed by atoms with Crippen LogP contribution >= 0.6 is 11.8 Å². The smallest absolute Gasteiger partial charge is 0.203 e. The second-order valence-electron chi connectivity index (χ2n) is 5.90. The molecule has 0 bridgehead atoms. The van der Waals surface area contributed by atoms with E-state index in [-0.39, 0.29) is 24.1 Å². The van der Waals surface area contributed by atoms with Crippen LogP contribution in [-0.2, 0) is 0 Å². The molecule has 6 nitrogen and oxygen atoms in total. The van der Waals surface area contributed by atoms with Gasteiger partial charge in [-0.2, -0.15) is 11.8 Å². The van der Waals surface area contributed by atoms with Gasteiger partial charge < -0.3 is 24.1 Å². The molecule has 0 amide bonds. The van der Waals surface area contributed by atoms with Crippen molar-refractivity contribution in [1.82, 2.24) is 0 Å². The van der Waals surface area contributed by atoms with Crippen LogP contribution in [0.1, 0.15) is 27.6 Å². The molecular weight excluding hydrogens is 380 g/mol. The molecule has 2 aromatic carbocycles. The van der Waals surface area contributed by atoms with E-state index in [1.165, 1.54) is 11.8 Å². The first-order chi connectivity index (χ1) is 13.6. The molecule has 0 fully saturated rings. The molecule has 0 aliphatic carbocycles. The van der Waals surface area contributed by atoms with E-state index >= 15 is 0 Å². The standard InChI is InChI=1S/C21H26O6S/c1-24-16-7-5-14(6-8-16)17(23)13-20(28-10-9-22)15-11-18(25-2)21(27-4)19(12-15)26-3/h5-8,11-12,20,22H,9-10,13H2,1-4H3. The van der Waals surface area contributed by atoms with Crippen LogP contribution in [0.25, 0.3) is 0 Å². The lowest BCUT2D eigenvalue weighted by molar-refractivity contribution is 0.0982. The van der Waals surface area contributed by atoms with Crippen molar-refractivity contribution in [3.8, 4) is 23.0 Å². The zero-order chi connectivity index (χ0) is 20.5. The summed E-state index contributed by atoms with van der Waals surface area (Å²) in [7, 11) is 6.24. The molecule has 7 heteroatoms. The van der Waals surface area contributed by atoms with Crippen LogP contribution in [-0.4, -0.2) is 51.7 Å². The Morgan fingerprint density at radius 1 is 0.964 bits per heavy atom. The fourth-order valence-corrected chi connectivity index (χ4v) is 3.81. The van der Waals surface area contributed by atoms with Crippen molar-refractivity contribution < 1.29 is 28.8 Å². The minimum atomic E-state index is -0.171. The number of hydrogen-bond acceptors (Lipinski definition) is 7. The van der Waals surface area contributed by atoms with E-state index in [1.807, 2.05) is 12.1 Å². The predicted molar refractivity (Wildman–Crippen MR) is 110 cm³/mol. The van der Waals surface area contributed by atoms with Crippen molar-refractivity contribution in [2.75, 3.05) is 40.8 Å². The first-order valence-electron chi connectivity index (χ1n) is 8.77. The van der Waals surface area contributed by atoms with E-state index in [2.05, 4.69) is 0 Å². The summed E-state index contributed by atoms with van der Waals surface area (Å²) in [6.07, 6.45) is 0.273. The number of methoxy groups -OCH3 is 4. The first kappa shape index (κ1) is 21.9. The zero-order valence-electron chi connectivity index (χ0n) is 16.6. The lowest BCUT2D eigenvalue weighted by Gasteiger charge is -2.20. The Kier molecular flexibility index (Phi) is 8.47. The minimum Gasteiger partial charge on any atom is -0.497 e. The topological polar surface area (TPSA) is 74.2 Å². The highest BCUT2D eigenvalue weighted by atomic mass is 32.2. The van der Waals surface area contributed by atoms with Crippen molar-refractivity contribution >= 4 is 17.5 Å². The Labute approximate surface area is 169 Å². The summed E-state index contributed by atoms with van der Waals surface area (Å²) < 4.78 is 21.4. The molecule has 0 radical (unpaired) electrons. The maximum Gasteiger partial charge on any atom is 0.203 e. The third-order valence-corrected chi connectivity index (χ3v) is 5.51. The van der Waals surface area contributed by atoms with E-state index in [9.17, 15) is 9.90 Å². The van der Waals surface area contributed by atoms with E-state index in [0.29, 0.717) is 34.3 Å². The van der Waals surface area contributed by atoms with Crippen molar-refractivity contribution in [2.24, 2.45) is 0 Å². The van der Waals surface area contributed by atoms with Crippen molar-refractivity contribution in [2.45, 2.75) is 11.7 Å². The van der Waals surface area contributed by atoms with Gasteiger partial charge in [0.25, 0.3) is 0 Å². The molecule has 0 aliphatic heterocycles. The molecule has 2 aromatic rings. The van der Waals surface area contributed by atoms with E-state index < -0.39 is 0 Å². The molecule has 0 spiro atoms. The van der Waals surface area contributed by atoms with Crippen molar-refractivity contribution in [3.05, 3.63) is 47.5 Å². The number of benzene rings is 2. The number of aliphatic hydroxyl groups excluding tert-OH is 1. The molecule has 0 aromatic heterocycles. The molecule has 0 aliphatic rings. The first-order valence-corrected chi connectivity index (χ1v) is 9.82. The van der Waals surface area contributed by atoms with Gasteiger partial charge >= 0.3 is 0 Å². The Balaban J connectivity index is 2.33. The van der Waals surface area contributed by atoms with Gasteiger partial charge in [-0.1, -0.05) is 0 Å². The maximum atomic E-state index is 12.8. The quantitative estimate of drug-likeness (QED) is 0.570. The van der Waals surface area contributed by atoms with Crippen LogP contribution in [0.5, 0.6) is 23.0 Å². The molecule has 0 saturated carbocycles. The number of carbonyl (C=O) groups excluding carboxylic acids is 1. The molecule has 1 atom stereocenters. The Morgan fingerprint density at radius 3 is 2.04 bits per heavy atom. The molecule has 28 heavy (non-hydrogen) atoms. The van der Waals surface area contributed by atoms with Gasteiger partial charge in [-0.05, 0) is 42.0 Å². The second-order valence-corrected chi connectivity index (χ2v) is 7.21. The summed E-state index contributed by atoms with van der Waals surface area (Å²) in [6, 6.07) is 10.7. The Bertz CT molecular complexity index is 750. The summed E-state index contributed by atoms with van der Waals surface area (Å²) in [5.41, 5.74) is 1.48. The van der Waals surface area contributed by atoms with E-state index in [4.69, 9.17) is 18.9 Å². The highest BCUT2D eigenvalue weighted by molar-refractivity contribution is 7.99. The summed E-state index contributed by atoms with van der Waals surface area (Å²) in [4.78, 5) is 12.8. The van der Waals surface area contributed by atoms with Crippen LogP contribution in [0.4, 0.5) is 0 Å². The van der Waals surface area contributed by atoms with Crippen LogP contribution < -0.4 is 18.9 Å². The molecule has 152 valence electrons. The highest BCUT2D eigenvalue weighted by Gasteiger charge is 2.22. The normalized spacial score (nSPS) is 11.6. The van der Waals surface area contributed by atoms with Crippen LogP contribution in [0.2, 0.25) is 0 Å². The van der Waals surface area contributed by atoms with Gasteiger partial charge in [0, 0.05) is 23.0 Å². The number of Topliss-reactive ketones (excluding diaryl/α,β-unsaturated/α-hetero) is 1. The van der Waals surface area contributed by atoms with Gasteiger partial charge in [0.05, 0.1) is 35.0 Å². The van der Waals surface area contributed by atoms with E-state index in [1.54, 1.807) is 52.7 Å². The Hall–Kier alpha value is -2.38. The number of thioether (sulfide) groups is 1. The SMILES string of the molecule is COc1ccc(C(=O)CC(SCCO)c2cc(OC)c(OC)c(OC)c2)cc1. The molecule has 1 unspecified atom stereocenters. The largest absolute Gasteiger partial charge is 0.497 e. The van der Waals surface area contributed by atoms with Crippen LogP contribution in [0.15, 0.2) is 36.4 Å². The molecule has 0 heterocycles. The number of carbonyl (C=O) groups is 1. The average molecular weight is 407 g/mol. The average Bonchev–Trinajstić information content (AvgIpc) is 2.75. The van der Waals surface area contributed by atoms with Gasteiger partial charge in [0.2, 0.25) is 5.75 Å². The number of rotatable bonds is 11. The zero-order valence-corrected chi connectivity index (χ0v) is 17.4. The summed E-state index contributed by atoms with van der Waals surface area (Å²) in [5.74, 6) is 2.78. The third kappa shape index (κ3) is 5.33. The minimum absolute atomic E-state index is 0.00634. The molecule has 2 rings (SSSR count). The summed E-state index contributed by atoms with van der Waals surface area (Å²) in [5, 5.41) is 9.09. The highest BCUT2D eigenvalue weighted by Crippen LogP contribution is 2.43. The predicted octanol–water partition coefficient (Wildman–Crippen LogP) is 3.76. The third-order valence-electron chi connectivity index (χ3n) is 4.25. The molecule has 1 N–H and O–H groups in total. The lowest BCUT2D eigenvalue weighted by Crippen LogP contribution is -2.08. The Morgan fingerprint density at radius 2 is 1.57 bits per heavy atom. The van der Waals surface area contributed by atoms with Gasteiger partial charge in [-0.15, -0.1) is 0 Å². The summed E-state index contributed by atoms with van der Waals surface area (Å²) >= 11 is 1.51. The number of aliphatic hydroxyl groups is 1. The summed E-state index contributed by atoms with van der Waals surface area (Å²) in [6.45, 7) is 0.0301. The fraction of sp³-hybridized carbons (Fsp3) is 0.381. The monoisotopic (exact) mass is 406 g/mol. The van der Waals surface area contributed by atoms with E-state index in [0.717, 1.165) is 5.56 Å². The fourth-order valence-electron chi connectivity index (χ4n) is 2.82. The van der Waals surface area contributed by atoms with Crippen molar-refractivity contribution in [3.63, 3.8) is 0 Å². The van der Waals surface area contributed by atoms with Gasteiger partial charge in [-0.3, -0.25) is 4.79 Å². The lowest BCUT2D eigenvalue weighted by atomic mass is 10.0. The van der Waals surface area contributed by atoms with Gasteiger partial charge in [0.15, 0.2) is 17.3 Å². The second kappa shape index (κ2) is 10.8. The number of hydrogen-bond donors (Lipinski definition) is 1. The molecular formula is C21H26O6S. The number of ketones is 1.